The molecule has 0 unspecified atom stereocenters. The van der Waals surface area contributed by atoms with Gasteiger partial charge in [-0.05, 0) is 25.5 Å². The van der Waals surface area contributed by atoms with Gasteiger partial charge < -0.3 is 4.57 Å². The van der Waals surface area contributed by atoms with Crippen LogP contribution in [0.2, 0.25) is 5.02 Å². The zero-order chi connectivity index (χ0) is 14.8. The van der Waals surface area contributed by atoms with Crippen LogP contribution in [0, 0.1) is 6.92 Å². The maximum atomic E-state index is 12.2. The maximum absolute atomic E-state index is 12.2. The topological polar surface area (TPSA) is 76.9 Å². The standard InChI is InChI=1S/C12H15ClN4O2S/c1-3-7-17-8-11(15-9(17)2)20(18,19)16-12-10(13)5-4-6-14-12/h4-6,8H,3,7H2,1-2H3,(H,14,16). The van der Waals surface area contributed by atoms with E-state index in [1.165, 1.54) is 12.4 Å². The van der Waals surface area contributed by atoms with E-state index in [2.05, 4.69) is 14.7 Å². The van der Waals surface area contributed by atoms with Gasteiger partial charge >= 0.3 is 0 Å². The van der Waals surface area contributed by atoms with Gasteiger partial charge in [0.05, 0.1) is 5.02 Å². The molecule has 0 aromatic carbocycles. The zero-order valence-electron chi connectivity index (χ0n) is 11.2. The van der Waals surface area contributed by atoms with Gasteiger partial charge in [-0.1, -0.05) is 18.5 Å². The second-order valence-corrected chi connectivity index (χ2v) is 6.30. The Morgan fingerprint density at radius 1 is 1.45 bits per heavy atom. The molecular weight excluding hydrogens is 300 g/mol. The fourth-order valence-electron chi connectivity index (χ4n) is 1.72. The Kier molecular flexibility index (Phi) is 4.29. The molecular formula is C12H15ClN4O2S. The molecule has 20 heavy (non-hydrogen) atoms. The Morgan fingerprint density at radius 2 is 2.20 bits per heavy atom. The van der Waals surface area contributed by atoms with Crippen molar-refractivity contribution in [3.05, 3.63) is 35.4 Å². The molecule has 0 aliphatic rings. The normalized spacial score (nSPS) is 11.6. The van der Waals surface area contributed by atoms with E-state index in [4.69, 9.17) is 11.6 Å². The summed E-state index contributed by atoms with van der Waals surface area (Å²) in [6, 6.07) is 3.19. The Hall–Kier alpha value is -1.60. The summed E-state index contributed by atoms with van der Waals surface area (Å²) in [5.74, 6) is 0.746. The number of nitrogens with zero attached hydrogens (tertiary/aromatic N) is 3. The fourth-order valence-corrected chi connectivity index (χ4v) is 2.98. The first-order valence-corrected chi connectivity index (χ1v) is 7.97. The molecule has 0 saturated carbocycles. The van der Waals surface area contributed by atoms with Crippen molar-refractivity contribution in [2.24, 2.45) is 0 Å². The van der Waals surface area contributed by atoms with Crippen molar-refractivity contribution in [3.63, 3.8) is 0 Å². The van der Waals surface area contributed by atoms with Crippen LogP contribution in [-0.4, -0.2) is 23.0 Å². The van der Waals surface area contributed by atoms with Crippen molar-refractivity contribution in [2.75, 3.05) is 4.72 Å². The lowest BCUT2D eigenvalue weighted by atomic mass is 10.5. The highest BCUT2D eigenvalue weighted by Gasteiger charge is 2.20. The molecule has 0 atom stereocenters. The first-order valence-electron chi connectivity index (χ1n) is 6.11. The third-order valence-corrected chi connectivity index (χ3v) is 4.20. The maximum Gasteiger partial charge on any atom is 0.282 e. The number of halogens is 1. The lowest BCUT2D eigenvalue weighted by Crippen LogP contribution is -2.14. The van der Waals surface area contributed by atoms with Crippen LogP contribution >= 0.6 is 11.6 Å². The van der Waals surface area contributed by atoms with Gasteiger partial charge in [0.2, 0.25) is 0 Å². The predicted octanol–water partition coefficient (Wildman–Crippen LogP) is 2.45. The van der Waals surface area contributed by atoms with E-state index in [0.29, 0.717) is 5.82 Å². The number of rotatable bonds is 5. The van der Waals surface area contributed by atoms with Crippen LogP contribution in [0.15, 0.2) is 29.6 Å². The average Bonchev–Trinajstić information content (AvgIpc) is 2.75. The summed E-state index contributed by atoms with van der Waals surface area (Å²) in [5, 5.41) is 0.200. The molecule has 0 fully saturated rings. The van der Waals surface area contributed by atoms with Gasteiger partial charge in [0.25, 0.3) is 10.0 Å². The van der Waals surface area contributed by atoms with Crippen LogP contribution in [0.1, 0.15) is 19.2 Å². The van der Waals surface area contributed by atoms with E-state index in [1.54, 1.807) is 23.6 Å². The lowest BCUT2D eigenvalue weighted by Gasteiger charge is -2.05. The molecule has 0 saturated heterocycles. The minimum absolute atomic E-state index is 0.0369. The molecule has 2 aromatic rings. The number of hydrogen-bond acceptors (Lipinski definition) is 4. The number of aryl methyl sites for hydroxylation is 2. The van der Waals surface area contributed by atoms with Crippen molar-refractivity contribution in [2.45, 2.75) is 31.8 Å². The van der Waals surface area contributed by atoms with E-state index < -0.39 is 10.0 Å². The zero-order valence-corrected chi connectivity index (χ0v) is 12.7. The number of hydrogen-bond donors (Lipinski definition) is 1. The fraction of sp³-hybridized carbons (Fsp3) is 0.333. The Balaban J connectivity index is 2.31. The summed E-state index contributed by atoms with van der Waals surface area (Å²) >= 11 is 5.89. The van der Waals surface area contributed by atoms with Crippen molar-refractivity contribution >= 4 is 27.4 Å². The SMILES string of the molecule is CCCn1cc(S(=O)(=O)Nc2ncccc2Cl)nc1C. The van der Waals surface area contributed by atoms with E-state index in [9.17, 15) is 8.42 Å². The number of imidazole rings is 1. The van der Waals surface area contributed by atoms with Gasteiger partial charge in [0, 0.05) is 18.9 Å². The van der Waals surface area contributed by atoms with Gasteiger partial charge in [-0.3, -0.25) is 4.72 Å². The summed E-state index contributed by atoms with van der Waals surface area (Å²) in [7, 11) is -3.78. The van der Waals surface area contributed by atoms with Gasteiger partial charge in [-0.15, -0.1) is 0 Å². The number of nitrogens with one attached hydrogen (secondary N) is 1. The molecule has 6 nitrogen and oxygen atoms in total. The number of aromatic nitrogens is 3. The van der Waals surface area contributed by atoms with Crippen LogP contribution in [-0.2, 0) is 16.6 Å². The minimum Gasteiger partial charge on any atom is -0.334 e. The Morgan fingerprint density at radius 3 is 2.85 bits per heavy atom. The molecule has 0 spiro atoms. The van der Waals surface area contributed by atoms with Gasteiger partial charge in [0.15, 0.2) is 10.8 Å². The Bertz CT molecular complexity index is 712. The number of sulfonamides is 1. The summed E-state index contributed by atoms with van der Waals surface area (Å²) in [5.41, 5.74) is 0. The first-order chi connectivity index (χ1) is 9.44. The van der Waals surface area contributed by atoms with Crippen molar-refractivity contribution in [1.29, 1.82) is 0 Å². The number of pyridine rings is 1. The molecule has 0 aliphatic heterocycles. The van der Waals surface area contributed by atoms with Gasteiger partial charge in [-0.25, -0.2) is 9.97 Å². The quantitative estimate of drug-likeness (QED) is 0.919. The molecule has 1 N–H and O–H groups in total. The Labute approximate surface area is 122 Å². The molecule has 108 valence electrons. The molecule has 0 aliphatic carbocycles. The van der Waals surface area contributed by atoms with Gasteiger partial charge in [-0.2, -0.15) is 8.42 Å². The monoisotopic (exact) mass is 314 g/mol. The second-order valence-electron chi connectivity index (χ2n) is 4.26. The highest BCUT2D eigenvalue weighted by atomic mass is 35.5. The van der Waals surface area contributed by atoms with Crippen molar-refractivity contribution in [1.82, 2.24) is 14.5 Å². The molecule has 0 radical (unpaired) electrons. The summed E-state index contributed by atoms with van der Waals surface area (Å²) in [4.78, 5) is 7.97. The number of anilines is 1. The van der Waals surface area contributed by atoms with Crippen LogP contribution in [0.3, 0.4) is 0 Å². The molecule has 2 rings (SSSR count). The van der Waals surface area contributed by atoms with Crippen LogP contribution in [0.4, 0.5) is 5.82 Å². The van der Waals surface area contributed by atoms with Crippen LogP contribution in [0.25, 0.3) is 0 Å². The molecule has 2 heterocycles. The minimum atomic E-state index is -3.78. The summed E-state index contributed by atoms with van der Waals surface area (Å²) < 4.78 is 28.6. The average molecular weight is 315 g/mol. The summed E-state index contributed by atoms with van der Waals surface area (Å²) in [6.07, 6.45) is 3.87. The van der Waals surface area contributed by atoms with Gasteiger partial charge in [0.1, 0.15) is 5.82 Å². The highest BCUT2D eigenvalue weighted by Crippen LogP contribution is 2.21. The lowest BCUT2D eigenvalue weighted by molar-refractivity contribution is 0.597. The van der Waals surface area contributed by atoms with E-state index >= 15 is 0 Å². The second kappa shape index (κ2) is 5.80. The third kappa shape index (κ3) is 3.10. The highest BCUT2D eigenvalue weighted by molar-refractivity contribution is 7.92. The van der Waals surface area contributed by atoms with Crippen LogP contribution < -0.4 is 4.72 Å². The molecule has 2 aromatic heterocycles. The first kappa shape index (κ1) is 14.8. The molecule has 0 bridgehead atoms. The van der Waals surface area contributed by atoms with Crippen LogP contribution in [0.5, 0.6) is 0 Å². The predicted molar refractivity (Wildman–Crippen MR) is 77.3 cm³/mol. The largest absolute Gasteiger partial charge is 0.334 e. The molecule has 0 amide bonds. The van der Waals surface area contributed by atoms with E-state index in [-0.39, 0.29) is 15.9 Å². The van der Waals surface area contributed by atoms with Crippen molar-refractivity contribution < 1.29 is 8.42 Å². The summed E-state index contributed by atoms with van der Waals surface area (Å²) in [6.45, 7) is 4.50. The van der Waals surface area contributed by atoms with Crippen molar-refractivity contribution in [3.8, 4) is 0 Å². The smallest absolute Gasteiger partial charge is 0.282 e. The van der Waals surface area contributed by atoms with E-state index in [0.717, 1.165) is 13.0 Å². The third-order valence-electron chi connectivity index (χ3n) is 2.68. The molecule has 8 heteroatoms. The van der Waals surface area contributed by atoms with E-state index in [1.807, 2.05) is 6.92 Å².